The van der Waals surface area contributed by atoms with Crippen molar-refractivity contribution in [1.29, 1.82) is 0 Å². The molecule has 0 spiro atoms. The SMILES string of the molecule is C[C@@H](Oc1ccc(C=O)cc1[N+](=O)[O-])C(=O)Nc1ccccc1OC(F)F. The minimum atomic E-state index is -3.07. The van der Waals surface area contributed by atoms with E-state index in [1.54, 1.807) is 0 Å². The van der Waals surface area contributed by atoms with Crippen molar-refractivity contribution in [3.05, 3.63) is 58.1 Å². The van der Waals surface area contributed by atoms with E-state index < -0.39 is 29.2 Å². The van der Waals surface area contributed by atoms with Crippen molar-refractivity contribution in [2.75, 3.05) is 5.32 Å². The van der Waals surface area contributed by atoms with Crippen LogP contribution in [-0.4, -0.2) is 29.8 Å². The molecule has 1 atom stereocenters. The molecule has 10 heteroatoms. The zero-order valence-electron chi connectivity index (χ0n) is 13.9. The molecule has 27 heavy (non-hydrogen) atoms. The van der Waals surface area contributed by atoms with Gasteiger partial charge in [0.1, 0.15) is 12.0 Å². The largest absolute Gasteiger partial charge is 0.474 e. The molecule has 2 rings (SSSR count). The number of hydrogen-bond acceptors (Lipinski definition) is 6. The second-order valence-corrected chi connectivity index (χ2v) is 5.23. The summed E-state index contributed by atoms with van der Waals surface area (Å²) in [6.45, 7) is -1.75. The molecule has 0 saturated carbocycles. The van der Waals surface area contributed by atoms with Gasteiger partial charge in [0.15, 0.2) is 11.9 Å². The third-order valence-corrected chi connectivity index (χ3v) is 3.35. The van der Waals surface area contributed by atoms with Gasteiger partial charge in [-0.2, -0.15) is 8.78 Å². The van der Waals surface area contributed by atoms with Gasteiger partial charge in [-0.05, 0) is 31.2 Å². The Kier molecular flexibility index (Phi) is 6.36. The third kappa shape index (κ3) is 5.21. The predicted molar refractivity (Wildman–Crippen MR) is 90.3 cm³/mol. The fourth-order valence-electron chi connectivity index (χ4n) is 2.10. The minimum Gasteiger partial charge on any atom is -0.474 e. The number of halogens is 2. The minimum absolute atomic E-state index is 0.0101. The maximum Gasteiger partial charge on any atom is 0.387 e. The molecular formula is C17H14F2N2O6. The summed E-state index contributed by atoms with van der Waals surface area (Å²) < 4.78 is 34.4. The lowest BCUT2D eigenvalue weighted by molar-refractivity contribution is -0.386. The summed E-state index contributed by atoms with van der Waals surface area (Å²) in [7, 11) is 0. The second-order valence-electron chi connectivity index (χ2n) is 5.23. The third-order valence-electron chi connectivity index (χ3n) is 3.35. The number of nitro benzene ring substituents is 1. The molecule has 0 aliphatic heterocycles. The fourth-order valence-corrected chi connectivity index (χ4v) is 2.10. The van der Waals surface area contributed by atoms with Crippen molar-refractivity contribution in [2.45, 2.75) is 19.6 Å². The quantitative estimate of drug-likeness (QED) is 0.427. The number of carbonyl (C=O) groups excluding carboxylic acids is 2. The standard InChI is InChI=1S/C17H14F2N2O6/c1-10(26-15-7-6-11(9-22)8-13(15)21(24)25)16(23)20-12-4-2-3-5-14(12)27-17(18)19/h2-10,17H,1H3,(H,20,23)/t10-/m1/s1. The summed E-state index contributed by atoms with van der Waals surface area (Å²) in [6.07, 6.45) is -0.766. The number of nitrogens with zero attached hydrogens (tertiary/aromatic N) is 1. The molecule has 0 heterocycles. The molecule has 2 aromatic rings. The first-order chi connectivity index (χ1) is 12.8. The van der Waals surface area contributed by atoms with Gasteiger partial charge in [-0.25, -0.2) is 0 Å². The Balaban J connectivity index is 2.15. The molecule has 2 aromatic carbocycles. The van der Waals surface area contributed by atoms with Crippen molar-refractivity contribution in [3.63, 3.8) is 0 Å². The van der Waals surface area contributed by atoms with Crippen molar-refractivity contribution in [2.24, 2.45) is 0 Å². The van der Waals surface area contributed by atoms with Crippen LogP contribution in [0.3, 0.4) is 0 Å². The number of rotatable bonds is 8. The topological polar surface area (TPSA) is 108 Å². The van der Waals surface area contributed by atoms with Gasteiger partial charge >= 0.3 is 12.3 Å². The van der Waals surface area contributed by atoms with Crippen LogP contribution in [0.2, 0.25) is 0 Å². The van der Waals surface area contributed by atoms with E-state index in [4.69, 9.17) is 4.74 Å². The summed E-state index contributed by atoms with van der Waals surface area (Å²) in [4.78, 5) is 33.3. The maximum atomic E-state index is 12.4. The Bertz CT molecular complexity index is 859. The number of carbonyl (C=O) groups is 2. The van der Waals surface area contributed by atoms with Crippen LogP contribution in [0.15, 0.2) is 42.5 Å². The highest BCUT2D eigenvalue weighted by atomic mass is 19.3. The van der Waals surface area contributed by atoms with E-state index in [-0.39, 0.29) is 22.7 Å². The Hall–Kier alpha value is -3.56. The Morgan fingerprint density at radius 3 is 2.52 bits per heavy atom. The number of nitro groups is 1. The van der Waals surface area contributed by atoms with Crippen LogP contribution >= 0.6 is 0 Å². The van der Waals surface area contributed by atoms with Gasteiger partial charge in [0.2, 0.25) is 0 Å². The molecule has 0 radical (unpaired) electrons. The van der Waals surface area contributed by atoms with Gasteiger partial charge < -0.3 is 14.8 Å². The van der Waals surface area contributed by atoms with Crippen LogP contribution in [0.5, 0.6) is 11.5 Å². The summed E-state index contributed by atoms with van der Waals surface area (Å²) in [5, 5.41) is 13.5. The predicted octanol–water partition coefficient (Wildman–Crippen LogP) is 3.41. The molecule has 0 unspecified atom stereocenters. The fraction of sp³-hybridized carbons (Fsp3) is 0.176. The molecule has 1 N–H and O–H groups in total. The summed E-state index contributed by atoms with van der Waals surface area (Å²) in [6, 6.07) is 9.05. The molecule has 142 valence electrons. The van der Waals surface area contributed by atoms with E-state index in [1.165, 1.54) is 43.3 Å². The van der Waals surface area contributed by atoms with E-state index in [0.29, 0.717) is 6.29 Å². The highest BCUT2D eigenvalue weighted by Crippen LogP contribution is 2.29. The number of hydrogen-bond donors (Lipinski definition) is 1. The number of ether oxygens (including phenoxy) is 2. The molecule has 0 bridgehead atoms. The number of nitrogens with one attached hydrogen (secondary N) is 1. The van der Waals surface area contributed by atoms with E-state index >= 15 is 0 Å². The van der Waals surface area contributed by atoms with E-state index in [1.807, 2.05) is 0 Å². The number of para-hydroxylation sites is 2. The van der Waals surface area contributed by atoms with E-state index in [9.17, 15) is 28.5 Å². The second kappa shape index (κ2) is 8.70. The van der Waals surface area contributed by atoms with Crippen LogP contribution in [0.25, 0.3) is 0 Å². The van der Waals surface area contributed by atoms with Crippen LogP contribution in [0.4, 0.5) is 20.2 Å². The van der Waals surface area contributed by atoms with Gasteiger partial charge in [-0.15, -0.1) is 0 Å². The van der Waals surface area contributed by atoms with Crippen molar-refractivity contribution in [1.82, 2.24) is 0 Å². The number of alkyl halides is 2. The monoisotopic (exact) mass is 380 g/mol. The smallest absolute Gasteiger partial charge is 0.387 e. The highest BCUT2D eigenvalue weighted by molar-refractivity contribution is 5.95. The van der Waals surface area contributed by atoms with Crippen molar-refractivity contribution in [3.8, 4) is 11.5 Å². The summed E-state index contributed by atoms with van der Waals surface area (Å²) in [5.41, 5.74) is -0.422. The first-order valence-corrected chi connectivity index (χ1v) is 7.56. The van der Waals surface area contributed by atoms with Crippen LogP contribution in [-0.2, 0) is 4.79 Å². The van der Waals surface area contributed by atoms with Gasteiger partial charge in [-0.3, -0.25) is 19.7 Å². The normalized spacial score (nSPS) is 11.6. The summed E-state index contributed by atoms with van der Waals surface area (Å²) >= 11 is 0. The van der Waals surface area contributed by atoms with Gasteiger partial charge in [0, 0.05) is 11.6 Å². The molecule has 1 amide bonds. The molecule has 0 aromatic heterocycles. The molecule has 0 saturated heterocycles. The molecule has 0 aliphatic carbocycles. The first-order valence-electron chi connectivity index (χ1n) is 7.56. The zero-order chi connectivity index (χ0) is 20.0. The molecular weight excluding hydrogens is 366 g/mol. The van der Waals surface area contributed by atoms with Gasteiger partial charge in [0.05, 0.1) is 10.6 Å². The van der Waals surface area contributed by atoms with Crippen LogP contribution < -0.4 is 14.8 Å². The number of anilines is 1. The van der Waals surface area contributed by atoms with Crippen LogP contribution in [0.1, 0.15) is 17.3 Å². The molecule has 0 fully saturated rings. The van der Waals surface area contributed by atoms with Gasteiger partial charge in [-0.1, -0.05) is 12.1 Å². The zero-order valence-corrected chi connectivity index (χ0v) is 13.9. The Morgan fingerprint density at radius 2 is 1.89 bits per heavy atom. The summed E-state index contributed by atoms with van der Waals surface area (Å²) in [5.74, 6) is -1.20. The van der Waals surface area contributed by atoms with E-state index in [2.05, 4.69) is 10.1 Å². The number of amides is 1. The number of benzene rings is 2. The Morgan fingerprint density at radius 1 is 1.19 bits per heavy atom. The van der Waals surface area contributed by atoms with Crippen molar-refractivity contribution >= 4 is 23.6 Å². The highest BCUT2D eigenvalue weighted by Gasteiger charge is 2.23. The van der Waals surface area contributed by atoms with Gasteiger partial charge in [0.25, 0.3) is 5.91 Å². The van der Waals surface area contributed by atoms with Crippen LogP contribution in [0, 0.1) is 10.1 Å². The number of aldehydes is 1. The molecule has 0 aliphatic rings. The lowest BCUT2D eigenvalue weighted by Gasteiger charge is -2.16. The van der Waals surface area contributed by atoms with E-state index in [0.717, 1.165) is 6.07 Å². The lowest BCUT2D eigenvalue weighted by Crippen LogP contribution is -2.30. The maximum absolute atomic E-state index is 12.4. The Labute approximate surface area is 151 Å². The average Bonchev–Trinajstić information content (AvgIpc) is 2.62. The first kappa shape index (κ1) is 19.8. The molecule has 8 nitrogen and oxygen atoms in total. The average molecular weight is 380 g/mol. The van der Waals surface area contributed by atoms with Crippen molar-refractivity contribution < 1.29 is 32.8 Å². The lowest BCUT2D eigenvalue weighted by atomic mass is 10.2.